The maximum absolute atomic E-state index is 9.77. The summed E-state index contributed by atoms with van der Waals surface area (Å²) in [5.74, 6) is 0.0793. The lowest BCUT2D eigenvalue weighted by atomic mass is 9.87. The number of hydrogen-bond donors (Lipinski definition) is 3. The highest BCUT2D eigenvalue weighted by atomic mass is 16.3. The molecule has 17 heavy (non-hydrogen) atoms. The summed E-state index contributed by atoms with van der Waals surface area (Å²) in [5.41, 5.74) is 2.10. The first-order valence-electron chi connectivity index (χ1n) is 6.48. The second-order valence-corrected chi connectivity index (χ2v) is 4.82. The third-order valence-corrected chi connectivity index (χ3v) is 3.53. The van der Waals surface area contributed by atoms with Crippen LogP contribution in [0, 0.1) is 0 Å². The molecule has 3 N–H and O–H groups in total. The fourth-order valence-electron chi connectivity index (χ4n) is 2.48. The van der Waals surface area contributed by atoms with Crippen LogP contribution in [0.3, 0.4) is 0 Å². The van der Waals surface area contributed by atoms with Crippen molar-refractivity contribution in [1.29, 1.82) is 0 Å². The highest BCUT2D eigenvalue weighted by Crippen LogP contribution is 2.35. The van der Waals surface area contributed by atoms with Gasteiger partial charge in [-0.1, -0.05) is 19.4 Å². The Morgan fingerprint density at radius 3 is 2.94 bits per heavy atom. The molecule has 0 aromatic heterocycles. The largest absolute Gasteiger partial charge is 0.504 e. The number of benzene rings is 1. The molecule has 94 valence electrons. The zero-order valence-electron chi connectivity index (χ0n) is 10.4. The van der Waals surface area contributed by atoms with Gasteiger partial charge in [-0.2, -0.15) is 0 Å². The summed E-state index contributed by atoms with van der Waals surface area (Å²) in [6.07, 6.45) is 5.26. The second kappa shape index (κ2) is 5.41. The maximum Gasteiger partial charge on any atom is 0.160 e. The van der Waals surface area contributed by atoms with Gasteiger partial charge in [0.25, 0.3) is 0 Å². The minimum atomic E-state index is 0.00106. The predicted octanol–water partition coefficient (Wildman–Crippen LogP) is 2.34. The molecule has 2 rings (SSSR count). The highest BCUT2D eigenvalue weighted by Gasteiger charge is 2.21. The van der Waals surface area contributed by atoms with Crippen LogP contribution in [-0.2, 0) is 12.8 Å². The van der Waals surface area contributed by atoms with Crippen LogP contribution in [0.2, 0.25) is 0 Å². The van der Waals surface area contributed by atoms with Crippen molar-refractivity contribution in [2.45, 2.75) is 45.1 Å². The summed E-state index contributed by atoms with van der Waals surface area (Å²) < 4.78 is 0. The molecule has 1 aromatic rings. The lowest BCUT2D eigenvalue weighted by Crippen LogP contribution is -2.35. The lowest BCUT2D eigenvalue weighted by Gasteiger charge is -2.26. The van der Waals surface area contributed by atoms with E-state index in [1.54, 1.807) is 6.07 Å². The minimum Gasteiger partial charge on any atom is -0.504 e. The highest BCUT2D eigenvalue weighted by molar-refractivity contribution is 5.50. The molecule has 3 heteroatoms. The summed E-state index contributed by atoms with van der Waals surface area (Å²) in [7, 11) is 0. The Bertz CT molecular complexity index is 390. The van der Waals surface area contributed by atoms with E-state index in [4.69, 9.17) is 0 Å². The standard InChI is InChI=1S/C14H21NO2/c1-2-3-8-15-11-5-6-12-10(9-11)4-7-13(16)14(12)17/h4,7,11,15-17H,2-3,5-6,8-9H2,1H3/t11-/m0/s1. The van der Waals surface area contributed by atoms with Crippen LogP contribution in [0.25, 0.3) is 0 Å². The third-order valence-electron chi connectivity index (χ3n) is 3.53. The summed E-state index contributed by atoms with van der Waals surface area (Å²) in [6.45, 7) is 3.26. The average molecular weight is 235 g/mol. The SMILES string of the molecule is CCCCN[C@H]1CCc2c(ccc(O)c2O)C1. The number of phenolic OH excluding ortho intramolecular Hbond substituents is 2. The van der Waals surface area contributed by atoms with Crippen LogP contribution >= 0.6 is 0 Å². The lowest BCUT2D eigenvalue weighted by molar-refractivity contribution is 0.388. The van der Waals surface area contributed by atoms with E-state index >= 15 is 0 Å². The first-order chi connectivity index (χ1) is 8.22. The molecule has 0 amide bonds. The Morgan fingerprint density at radius 2 is 2.18 bits per heavy atom. The van der Waals surface area contributed by atoms with Crippen molar-refractivity contribution in [2.75, 3.05) is 6.54 Å². The van der Waals surface area contributed by atoms with Crippen LogP contribution in [0.15, 0.2) is 12.1 Å². The van der Waals surface area contributed by atoms with Crippen molar-refractivity contribution in [1.82, 2.24) is 5.32 Å². The van der Waals surface area contributed by atoms with Crippen molar-refractivity contribution in [2.24, 2.45) is 0 Å². The molecular formula is C14H21NO2. The summed E-state index contributed by atoms with van der Waals surface area (Å²) in [6, 6.07) is 4.03. The molecule has 0 heterocycles. The summed E-state index contributed by atoms with van der Waals surface area (Å²) in [4.78, 5) is 0. The van der Waals surface area contributed by atoms with Gasteiger partial charge >= 0.3 is 0 Å². The van der Waals surface area contributed by atoms with Crippen LogP contribution in [0.1, 0.15) is 37.3 Å². The topological polar surface area (TPSA) is 52.5 Å². The Labute approximate surface area is 102 Å². The van der Waals surface area contributed by atoms with Gasteiger partial charge in [0.05, 0.1) is 0 Å². The molecule has 0 spiro atoms. The molecule has 0 saturated heterocycles. The minimum absolute atomic E-state index is 0.00106. The Kier molecular flexibility index (Phi) is 3.89. The Morgan fingerprint density at radius 1 is 1.35 bits per heavy atom. The Balaban J connectivity index is 2.02. The predicted molar refractivity (Wildman–Crippen MR) is 68.5 cm³/mol. The van der Waals surface area contributed by atoms with Gasteiger partial charge in [-0.05, 0) is 43.9 Å². The fraction of sp³-hybridized carbons (Fsp3) is 0.571. The molecule has 3 nitrogen and oxygen atoms in total. The normalized spacial score (nSPS) is 19.0. The van der Waals surface area contributed by atoms with Crippen molar-refractivity contribution in [3.05, 3.63) is 23.3 Å². The fourth-order valence-corrected chi connectivity index (χ4v) is 2.48. The number of rotatable bonds is 4. The van der Waals surface area contributed by atoms with Gasteiger partial charge < -0.3 is 15.5 Å². The molecule has 0 unspecified atom stereocenters. The summed E-state index contributed by atoms with van der Waals surface area (Å²) >= 11 is 0. The number of unbranched alkanes of at least 4 members (excludes halogenated alkanes) is 1. The van der Waals surface area contributed by atoms with E-state index in [1.807, 2.05) is 6.07 Å². The number of phenols is 2. The van der Waals surface area contributed by atoms with Crippen molar-refractivity contribution >= 4 is 0 Å². The number of fused-ring (bicyclic) bond motifs is 1. The third kappa shape index (κ3) is 2.72. The zero-order chi connectivity index (χ0) is 12.3. The average Bonchev–Trinajstić information content (AvgIpc) is 2.34. The van der Waals surface area contributed by atoms with Crippen molar-refractivity contribution in [3.8, 4) is 11.5 Å². The zero-order valence-corrected chi connectivity index (χ0v) is 10.4. The molecule has 1 aliphatic carbocycles. The maximum atomic E-state index is 9.77. The molecule has 1 aromatic carbocycles. The molecule has 1 aliphatic rings. The molecule has 0 fully saturated rings. The molecule has 0 bridgehead atoms. The van der Waals surface area contributed by atoms with Gasteiger partial charge in [0, 0.05) is 11.6 Å². The van der Waals surface area contributed by atoms with E-state index in [1.165, 1.54) is 18.4 Å². The van der Waals surface area contributed by atoms with Gasteiger partial charge in [0.2, 0.25) is 0 Å². The van der Waals surface area contributed by atoms with Gasteiger partial charge in [-0.15, -0.1) is 0 Å². The first-order valence-corrected chi connectivity index (χ1v) is 6.48. The van der Waals surface area contributed by atoms with Crippen LogP contribution < -0.4 is 5.32 Å². The first kappa shape index (κ1) is 12.2. The van der Waals surface area contributed by atoms with E-state index < -0.39 is 0 Å². The van der Waals surface area contributed by atoms with Crippen LogP contribution in [0.5, 0.6) is 11.5 Å². The molecular weight excluding hydrogens is 214 g/mol. The van der Waals surface area contributed by atoms with Gasteiger partial charge in [0.1, 0.15) is 0 Å². The van der Waals surface area contributed by atoms with Gasteiger partial charge in [-0.3, -0.25) is 0 Å². The van der Waals surface area contributed by atoms with E-state index in [0.717, 1.165) is 31.4 Å². The van der Waals surface area contributed by atoms with Crippen molar-refractivity contribution in [3.63, 3.8) is 0 Å². The smallest absolute Gasteiger partial charge is 0.160 e. The monoisotopic (exact) mass is 235 g/mol. The molecule has 0 saturated carbocycles. The number of hydrogen-bond acceptors (Lipinski definition) is 3. The summed E-state index contributed by atoms with van der Waals surface area (Å²) in [5, 5.41) is 22.8. The van der Waals surface area contributed by atoms with Gasteiger partial charge in [0.15, 0.2) is 11.5 Å². The van der Waals surface area contributed by atoms with Crippen LogP contribution in [0.4, 0.5) is 0 Å². The second-order valence-electron chi connectivity index (χ2n) is 4.82. The number of nitrogens with one attached hydrogen (secondary N) is 1. The molecule has 0 radical (unpaired) electrons. The van der Waals surface area contributed by atoms with E-state index in [9.17, 15) is 10.2 Å². The van der Waals surface area contributed by atoms with E-state index in [-0.39, 0.29) is 11.5 Å². The van der Waals surface area contributed by atoms with E-state index in [2.05, 4.69) is 12.2 Å². The Hall–Kier alpha value is -1.22. The number of aromatic hydroxyl groups is 2. The molecule has 1 atom stereocenters. The van der Waals surface area contributed by atoms with Crippen LogP contribution in [-0.4, -0.2) is 22.8 Å². The van der Waals surface area contributed by atoms with Gasteiger partial charge in [-0.25, -0.2) is 0 Å². The van der Waals surface area contributed by atoms with E-state index in [0.29, 0.717) is 6.04 Å². The quantitative estimate of drug-likeness (QED) is 0.554. The van der Waals surface area contributed by atoms with Crippen molar-refractivity contribution < 1.29 is 10.2 Å². The molecule has 0 aliphatic heterocycles.